The van der Waals surface area contributed by atoms with Crippen LogP contribution in [-0.2, 0) is 16.6 Å². The molecule has 0 aliphatic carbocycles. The molecule has 1 aromatic carbocycles. The highest BCUT2D eigenvalue weighted by Crippen LogP contribution is 2.20. The van der Waals surface area contributed by atoms with Crippen LogP contribution in [-0.4, -0.2) is 24.6 Å². The number of hydrogen-bond donors (Lipinski definition) is 3. The fraction of sp³-hybridized carbons (Fsp3) is 0.182. The molecule has 2 rings (SSSR count). The summed E-state index contributed by atoms with van der Waals surface area (Å²) in [5, 5.41) is 3.01. The second kappa shape index (κ2) is 5.27. The number of nitrogens with zero attached hydrogens (tertiary/aromatic N) is 1. The van der Waals surface area contributed by atoms with E-state index in [0.29, 0.717) is 12.2 Å². The molecule has 0 saturated carbocycles. The predicted molar refractivity (Wildman–Crippen MR) is 70.8 cm³/mol. The molecule has 2 aromatic rings. The van der Waals surface area contributed by atoms with Crippen LogP contribution in [0.5, 0.6) is 0 Å². The van der Waals surface area contributed by atoms with Gasteiger partial charge in [0.15, 0.2) is 0 Å². The van der Waals surface area contributed by atoms with Crippen LogP contribution < -0.4 is 10.0 Å². The van der Waals surface area contributed by atoms with Gasteiger partial charge in [-0.1, -0.05) is 0 Å². The first-order chi connectivity index (χ1) is 8.94. The molecule has 0 fully saturated rings. The molecule has 0 amide bonds. The second-order valence-corrected chi connectivity index (χ2v) is 5.71. The van der Waals surface area contributed by atoms with E-state index in [-0.39, 0.29) is 5.69 Å². The maximum Gasteiger partial charge on any atom is 0.229 e. The smallest absolute Gasteiger partial charge is 0.229 e. The van der Waals surface area contributed by atoms with Gasteiger partial charge in [-0.3, -0.25) is 4.72 Å². The van der Waals surface area contributed by atoms with Gasteiger partial charge in [0.1, 0.15) is 11.6 Å². The van der Waals surface area contributed by atoms with Gasteiger partial charge in [0.05, 0.1) is 18.5 Å². The Morgan fingerprint density at radius 3 is 2.84 bits per heavy atom. The van der Waals surface area contributed by atoms with E-state index in [1.54, 1.807) is 12.4 Å². The number of aromatic nitrogens is 2. The lowest BCUT2D eigenvalue weighted by Gasteiger charge is -2.09. The number of hydrogen-bond acceptors (Lipinski definition) is 4. The molecule has 102 valence electrons. The summed E-state index contributed by atoms with van der Waals surface area (Å²) in [6.07, 6.45) is 4.28. The third kappa shape index (κ3) is 3.95. The normalized spacial score (nSPS) is 11.3. The SMILES string of the molecule is CS(=O)(=O)Nc1cc(NCc2ncc[nH]2)ccc1F. The van der Waals surface area contributed by atoms with Gasteiger partial charge in [-0.15, -0.1) is 0 Å². The van der Waals surface area contributed by atoms with Gasteiger partial charge in [0.2, 0.25) is 10.0 Å². The molecule has 19 heavy (non-hydrogen) atoms. The molecule has 1 aromatic heterocycles. The van der Waals surface area contributed by atoms with E-state index < -0.39 is 15.8 Å². The van der Waals surface area contributed by atoms with Crippen molar-refractivity contribution in [2.75, 3.05) is 16.3 Å². The first-order valence-corrected chi connectivity index (χ1v) is 7.33. The summed E-state index contributed by atoms with van der Waals surface area (Å²) in [7, 11) is -3.51. The zero-order chi connectivity index (χ0) is 13.9. The van der Waals surface area contributed by atoms with Crippen molar-refractivity contribution in [3.05, 3.63) is 42.2 Å². The Morgan fingerprint density at radius 1 is 1.42 bits per heavy atom. The van der Waals surface area contributed by atoms with E-state index in [0.717, 1.165) is 12.1 Å². The molecule has 0 bridgehead atoms. The molecular weight excluding hydrogens is 271 g/mol. The minimum absolute atomic E-state index is 0.0908. The van der Waals surface area contributed by atoms with Gasteiger partial charge in [0.25, 0.3) is 0 Å². The topological polar surface area (TPSA) is 86.9 Å². The fourth-order valence-corrected chi connectivity index (χ4v) is 2.05. The molecule has 1 heterocycles. The van der Waals surface area contributed by atoms with Crippen LogP contribution in [0.3, 0.4) is 0 Å². The number of nitrogens with one attached hydrogen (secondary N) is 3. The summed E-state index contributed by atoms with van der Waals surface area (Å²) in [6, 6.07) is 4.10. The third-order valence-corrected chi connectivity index (χ3v) is 2.87. The van der Waals surface area contributed by atoms with Gasteiger partial charge >= 0.3 is 0 Å². The molecule has 6 nitrogen and oxygen atoms in total. The van der Waals surface area contributed by atoms with Gasteiger partial charge < -0.3 is 10.3 Å². The van der Waals surface area contributed by atoms with E-state index in [4.69, 9.17) is 0 Å². The third-order valence-electron chi connectivity index (χ3n) is 2.28. The van der Waals surface area contributed by atoms with Crippen LogP contribution in [0.25, 0.3) is 0 Å². The molecular formula is C11H13FN4O2S. The Balaban J connectivity index is 2.12. The standard InChI is InChI=1S/C11H13FN4O2S/c1-19(17,18)16-10-6-8(2-3-9(10)12)15-7-11-13-4-5-14-11/h2-6,15-16H,7H2,1H3,(H,13,14). The Labute approximate surface area is 110 Å². The Bertz CT molecular complexity index is 655. The van der Waals surface area contributed by atoms with Crippen molar-refractivity contribution in [3.8, 4) is 0 Å². The number of rotatable bonds is 5. The van der Waals surface area contributed by atoms with Crippen LogP contribution in [0.15, 0.2) is 30.6 Å². The summed E-state index contributed by atoms with van der Waals surface area (Å²) >= 11 is 0. The van der Waals surface area contributed by atoms with E-state index in [9.17, 15) is 12.8 Å². The second-order valence-electron chi connectivity index (χ2n) is 3.96. The molecule has 0 aliphatic rings. The maximum absolute atomic E-state index is 13.4. The van der Waals surface area contributed by atoms with E-state index in [2.05, 4.69) is 20.0 Å². The van der Waals surface area contributed by atoms with Crippen molar-refractivity contribution in [1.29, 1.82) is 0 Å². The number of imidazole rings is 1. The number of halogens is 1. The van der Waals surface area contributed by atoms with Crippen LogP contribution in [0.1, 0.15) is 5.82 Å². The first-order valence-electron chi connectivity index (χ1n) is 5.43. The minimum Gasteiger partial charge on any atom is -0.378 e. The number of aromatic amines is 1. The molecule has 0 radical (unpaired) electrons. The van der Waals surface area contributed by atoms with E-state index >= 15 is 0 Å². The Morgan fingerprint density at radius 2 is 2.21 bits per heavy atom. The first kappa shape index (κ1) is 13.3. The van der Waals surface area contributed by atoms with Gasteiger partial charge in [-0.05, 0) is 18.2 Å². The molecule has 0 atom stereocenters. The summed E-state index contributed by atoms with van der Waals surface area (Å²) in [6.45, 7) is 0.428. The van der Waals surface area contributed by atoms with Crippen LogP contribution in [0.4, 0.5) is 15.8 Å². The molecule has 8 heteroatoms. The highest BCUT2D eigenvalue weighted by molar-refractivity contribution is 7.92. The Hall–Kier alpha value is -2.09. The molecule has 0 saturated heterocycles. The van der Waals surface area contributed by atoms with Crippen molar-refractivity contribution in [2.45, 2.75) is 6.54 Å². The number of benzene rings is 1. The molecule has 0 spiro atoms. The zero-order valence-electron chi connectivity index (χ0n) is 10.1. The predicted octanol–water partition coefficient (Wildman–Crippen LogP) is 1.53. The maximum atomic E-state index is 13.4. The van der Waals surface area contributed by atoms with E-state index in [1.807, 2.05) is 0 Å². The van der Waals surface area contributed by atoms with Crippen LogP contribution in [0.2, 0.25) is 0 Å². The van der Waals surface area contributed by atoms with Gasteiger partial charge in [0, 0.05) is 18.1 Å². The zero-order valence-corrected chi connectivity index (χ0v) is 11.0. The monoisotopic (exact) mass is 284 g/mol. The van der Waals surface area contributed by atoms with Crippen LogP contribution >= 0.6 is 0 Å². The molecule has 3 N–H and O–H groups in total. The molecule has 0 aliphatic heterocycles. The molecule has 0 unspecified atom stereocenters. The average molecular weight is 284 g/mol. The summed E-state index contributed by atoms with van der Waals surface area (Å²) in [5.74, 6) is 0.0934. The lowest BCUT2D eigenvalue weighted by molar-refractivity contribution is 0.604. The lowest BCUT2D eigenvalue weighted by Crippen LogP contribution is -2.11. The Kier molecular flexibility index (Phi) is 3.70. The summed E-state index contributed by atoms with van der Waals surface area (Å²) in [4.78, 5) is 6.94. The highest BCUT2D eigenvalue weighted by Gasteiger charge is 2.08. The average Bonchev–Trinajstić information content (AvgIpc) is 2.81. The van der Waals surface area contributed by atoms with E-state index in [1.165, 1.54) is 18.2 Å². The summed E-state index contributed by atoms with van der Waals surface area (Å²) < 4.78 is 37.7. The number of anilines is 2. The summed E-state index contributed by atoms with van der Waals surface area (Å²) in [5.41, 5.74) is 0.496. The number of sulfonamides is 1. The van der Waals surface area contributed by atoms with Crippen molar-refractivity contribution < 1.29 is 12.8 Å². The van der Waals surface area contributed by atoms with Gasteiger partial charge in [-0.2, -0.15) is 0 Å². The van der Waals surface area contributed by atoms with Crippen LogP contribution in [0, 0.1) is 5.82 Å². The highest BCUT2D eigenvalue weighted by atomic mass is 32.2. The number of H-pyrrole nitrogens is 1. The lowest BCUT2D eigenvalue weighted by atomic mass is 10.2. The van der Waals surface area contributed by atoms with Crippen molar-refractivity contribution in [1.82, 2.24) is 9.97 Å². The van der Waals surface area contributed by atoms with Crippen molar-refractivity contribution >= 4 is 21.4 Å². The quantitative estimate of drug-likeness (QED) is 0.777. The van der Waals surface area contributed by atoms with Crippen molar-refractivity contribution in [2.24, 2.45) is 0 Å². The van der Waals surface area contributed by atoms with Gasteiger partial charge in [-0.25, -0.2) is 17.8 Å². The van der Waals surface area contributed by atoms with Crippen molar-refractivity contribution in [3.63, 3.8) is 0 Å². The fourth-order valence-electron chi connectivity index (χ4n) is 1.49. The largest absolute Gasteiger partial charge is 0.378 e. The minimum atomic E-state index is -3.51.